The fourth-order valence-corrected chi connectivity index (χ4v) is 6.02. The summed E-state index contributed by atoms with van der Waals surface area (Å²) in [4.78, 5) is 5.78. The number of benzene rings is 2. The molecule has 0 atom stereocenters. The van der Waals surface area contributed by atoms with Crippen molar-refractivity contribution in [3.8, 4) is 16.2 Å². The van der Waals surface area contributed by atoms with Crippen LogP contribution in [0.15, 0.2) is 78.1 Å². The van der Waals surface area contributed by atoms with E-state index in [0.29, 0.717) is 0 Å². The van der Waals surface area contributed by atoms with Crippen molar-refractivity contribution in [2.75, 3.05) is 43.9 Å². The van der Waals surface area contributed by atoms with E-state index >= 15 is 0 Å². The topological polar surface area (TPSA) is 43.4 Å². The molecule has 3 aromatic rings. The number of nitrogens with zero attached hydrogens (tertiary/aromatic N) is 2. The fourth-order valence-electron chi connectivity index (χ4n) is 5.27. The molecule has 3 saturated heterocycles. The number of piperidine rings is 3. The van der Waals surface area contributed by atoms with E-state index in [0.717, 1.165) is 91.7 Å². The summed E-state index contributed by atoms with van der Waals surface area (Å²) in [5.74, 6) is 4.53. The number of hydrogen-bond donors (Lipinski definition) is 1. The molecule has 3 aliphatic heterocycles. The van der Waals surface area contributed by atoms with Gasteiger partial charge < -0.3 is 19.3 Å². The van der Waals surface area contributed by atoms with Crippen LogP contribution in [0.25, 0.3) is 10.4 Å². The van der Waals surface area contributed by atoms with Gasteiger partial charge in [0.15, 0.2) is 11.7 Å². The first-order chi connectivity index (χ1) is 18.2. The molecule has 198 valence electrons. The predicted octanol–water partition coefficient (Wildman–Crippen LogP) is 7.72. The SMILES string of the molecule is CBr.CCCC=C(Nc1ncsc1-c1ccccc1)OC12CC[N+](CCOc3ccccc3)(CC1)CC2. The Bertz CT molecular complexity index is 1100. The average Bonchev–Trinajstić information content (AvgIpc) is 3.43. The molecule has 0 aliphatic carbocycles. The Labute approximate surface area is 234 Å². The van der Waals surface area contributed by atoms with Gasteiger partial charge in [-0.1, -0.05) is 77.8 Å². The molecule has 5 nitrogen and oxygen atoms in total. The maximum absolute atomic E-state index is 6.82. The number of aromatic nitrogens is 1. The molecule has 0 spiro atoms. The zero-order chi connectivity index (χ0) is 26.0. The van der Waals surface area contributed by atoms with Crippen LogP contribution in [0.3, 0.4) is 0 Å². The van der Waals surface area contributed by atoms with Gasteiger partial charge in [-0.2, -0.15) is 0 Å². The van der Waals surface area contributed by atoms with Crippen LogP contribution in [0.2, 0.25) is 0 Å². The number of nitrogens with one attached hydrogen (secondary N) is 1. The van der Waals surface area contributed by atoms with Gasteiger partial charge in [0.2, 0.25) is 0 Å². The first-order valence-corrected chi connectivity index (χ1v) is 15.7. The number of unbranched alkanes of at least 4 members (excludes halogenated alkanes) is 1. The van der Waals surface area contributed by atoms with Crippen molar-refractivity contribution < 1.29 is 14.0 Å². The van der Waals surface area contributed by atoms with E-state index in [9.17, 15) is 0 Å². The molecular weight excluding hydrogens is 546 g/mol. The number of allylic oxidation sites excluding steroid dienone is 1. The number of halogens is 1. The third-order valence-corrected chi connectivity index (χ3v) is 8.37. The highest BCUT2D eigenvalue weighted by molar-refractivity contribution is 9.08. The summed E-state index contributed by atoms with van der Waals surface area (Å²) in [6, 6.07) is 20.6. The van der Waals surface area contributed by atoms with E-state index in [1.165, 1.54) is 5.56 Å². The van der Waals surface area contributed by atoms with Gasteiger partial charge in [0.1, 0.15) is 24.5 Å². The molecule has 2 aromatic carbocycles. The summed E-state index contributed by atoms with van der Waals surface area (Å²) >= 11 is 4.60. The van der Waals surface area contributed by atoms with Gasteiger partial charge in [-0.05, 0) is 36.0 Å². The molecule has 0 unspecified atom stereocenters. The normalized spacial score (nSPS) is 22.6. The molecule has 1 aromatic heterocycles. The number of hydrogen-bond acceptors (Lipinski definition) is 5. The summed E-state index contributed by atoms with van der Waals surface area (Å²) in [5.41, 5.74) is 3.02. The van der Waals surface area contributed by atoms with Crippen molar-refractivity contribution in [1.82, 2.24) is 4.98 Å². The van der Waals surface area contributed by atoms with E-state index in [4.69, 9.17) is 9.47 Å². The molecule has 0 radical (unpaired) electrons. The highest BCUT2D eigenvalue weighted by atomic mass is 79.9. The number of alkyl halides is 1. The van der Waals surface area contributed by atoms with Crippen LogP contribution in [-0.4, -0.2) is 53.7 Å². The summed E-state index contributed by atoms with van der Waals surface area (Å²) in [6.45, 7) is 7.52. The molecule has 0 saturated carbocycles. The van der Waals surface area contributed by atoms with Crippen LogP contribution >= 0.6 is 27.3 Å². The summed E-state index contributed by atoms with van der Waals surface area (Å²) in [5, 5.41) is 3.56. The lowest BCUT2D eigenvalue weighted by molar-refractivity contribution is -0.944. The Morgan fingerprint density at radius 3 is 2.32 bits per heavy atom. The van der Waals surface area contributed by atoms with E-state index in [1.807, 2.05) is 47.7 Å². The lowest BCUT2D eigenvalue weighted by Crippen LogP contribution is -2.65. The van der Waals surface area contributed by atoms with E-state index in [1.54, 1.807) is 11.3 Å². The summed E-state index contributed by atoms with van der Waals surface area (Å²) in [6.07, 6.45) is 7.55. The van der Waals surface area contributed by atoms with Gasteiger partial charge in [0.05, 0.1) is 30.0 Å². The lowest BCUT2D eigenvalue weighted by atomic mass is 9.81. The Hall–Kier alpha value is -2.35. The summed E-state index contributed by atoms with van der Waals surface area (Å²) < 4.78 is 14.0. The largest absolute Gasteiger partial charge is 0.488 e. The van der Waals surface area contributed by atoms with Gasteiger partial charge in [0.25, 0.3) is 0 Å². The fraction of sp³-hybridized carbons (Fsp3) is 0.433. The Morgan fingerprint density at radius 2 is 1.68 bits per heavy atom. The van der Waals surface area contributed by atoms with E-state index in [-0.39, 0.29) is 5.60 Å². The van der Waals surface area contributed by atoms with Crippen LogP contribution < -0.4 is 10.1 Å². The van der Waals surface area contributed by atoms with Crippen molar-refractivity contribution in [2.24, 2.45) is 0 Å². The molecule has 3 aliphatic rings. The number of fused-ring (bicyclic) bond motifs is 3. The smallest absolute Gasteiger partial charge is 0.188 e. The molecule has 7 heteroatoms. The molecule has 1 N–H and O–H groups in total. The van der Waals surface area contributed by atoms with Crippen molar-refractivity contribution >= 4 is 33.1 Å². The van der Waals surface area contributed by atoms with Crippen molar-refractivity contribution in [3.05, 3.63) is 78.1 Å². The minimum absolute atomic E-state index is 0.0736. The minimum atomic E-state index is -0.0736. The maximum atomic E-state index is 6.82. The molecule has 37 heavy (non-hydrogen) atoms. The predicted molar refractivity (Wildman–Crippen MR) is 158 cm³/mol. The molecule has 4 heterocycles. The third-order valence-electron chi connectivity index (χ3n) is 7.49. The summed E-state index contributed by atoms with van der Waals surface area (Å²) in [7, 11) is 0. The highest BCUT2D eigenvalue weighted by Gasteiger charge is 2.50. The van der Waals surface area contributed by atoms with E-state index in [2.05, 4.69) is 63.5 Å². The van der Waals surface area contributed by atoms with Gasteiger partial charge >= 0.3 is 0 Å². The van der Waals surface area contributed by atoms with Crippen LogP contribution in [0.4, 0.5) is 5.82 Å². The van der Waals surface area contributed by atoms with Gasteiger partial charge in [-0.25, -0.2) is 4.98 Å². The quantitative estimate of drug-likeness (QED) is 0.142. The monoisotopic (exact) mass is 584 g/mol. The standard InChI is InChI=1S/C29H36N3O2S.CH3Br/c1-2-3-14-26(31-28-27(35-23-30-28)24-10-6-4-7-11-24)34-29-15-18-32(19-16-29,20-17-29)21-22-33-25-12-8-5-9-13-25;1-2/h4-14,23,31H,2-3,15-22H2,1H3;1H3/q+1;. The molecule has 0 amide bonds. The van der Waals surface area contributed by atoms with Crippen molar-refractivity contribution in [1.29, 1.82) is 0 Å². The number of para-hydroxylation sites is 1. The number of ether oxygens (including phenoxy) is 2. The van der Waals surface area contributed by atoms with Gasteiger partial charge in [-0.15, -0.1) is 11.3 Å². The van der Waals surface area contributed by atoms with Crippen LogP contribution in [-0.2, 0) is 4.74 Å². The number of quaternary nitrogens is 1. The second-order valence-electron chi connectivity index (χ2n) is 9.81. The second kappa shape index (κ2) is 13.4. The number of anilines is 1. The van der Waals surface area contributed by atoms with Crippen molar-refractivity contribution in [3.63, 3.8) is 0 Å². The minimum Gasteiger partial charge on any atom is -0.488 e. The zero-order valence-corrected chi connectivity index (χ0v) is 24.4. The number of rotatable bonds is 11. The average molecular weight is 586 g/mol. The zero-order valence-electron chi connectivity index (χ0n) is 22.0. The van der Waals surface area contributed by atoms with Crippen LogP contribution in [0.1, 0.15) is 39.0 Å². The van der Waals surface area contributed by atoms with Crippen LogP contribution in [0.5, 0.6) is 5.75 Å². The molecule has 3 fully saturated rings. The van der Waals surface area contributed by atoms with Gasteiger partial charge in [0, 0.05) is 19.3 Å². The number of thiazole rings is 1. The first-order valence-electron chi connectivity index (χ1n) is 13.3. The lowest BCUT2D eigenvalue weighted by Gasteiger charge is -2.54. The highest BCUT2D eigenvalue weighted by Crippen LogP contribution is 2.42. The first kappa shape index (κ1) is 27.7. The molecular formula is C30H39BrN3O2S+. The molecule has 6 rings (SSSR count). The Morgan fingerprint density at radius 1 is 1.03 bits per heavy atom. The van der Waals surface area contributed by atoms with Crippen LogP contribution in [0, 0.1) is 0 Å². The Kier molecular flexibility index (Phi) is 10.1. The molecule has 2 bridgehead atoms. The maximum Gasteiger partial charge on any atom is 0.188 e. The second-order valence-corrected chi connectivity index (χ2v) is 10.7. The van der Waals surface area contributed by atoms with Gasteiger partial charge in [-0.3, -0.25) is 0 Å². The van der Waals surface area contributed by atoms with E-state index < -0.39 is 0 Å². The third kappa shape index (κ3) is 7.15. The Balaban J connectivity index is 0.00000156. The van der Waals surface area contributed by atoms with Crippen molar-refractivity contribution in [2.45, 2.75) is 44.6 Å².